The maximum absolute atomic E-state index is 13.7. The van der Waals surface area contributed by atoms with Crippen LogP contribution in [0.15, 0.2) is 24.3 Å². The molecule has 0 aliphatic carbocycles. The summed E-state index contributed by atoms with van der Waals surface area (Å²) in [4.78, 5) is 4.70. The molecule has 2 aliphatic heterocycles. The van der Waals surface area contributed by atoms with Crippen molar-refractivity contribution in [3.05, 3.63) is 35.6 Å². The Bertz CT molecular complexity index is 454. The minimum atomic E-state index is -0.189. The fourth-order valence-corrected chi connectivity index (χ4v) is 3.34. The molecule has 0 aromatic heterocycles. The van der Waals surface area contributed by atoms with E-state index in [4.69, 9.17) is 0 Å². The van der Waals surface area contributed by atoms with Gasteiger partial charge in [-0.15, -0.1) is 0 Å². The lowest BCUT2D eigenvalue weighted by molar-refractivity contribution is 0.0521. The molecule has 1 N–H and O–H groups in total. The van der Waals surface area contributed by atoms with Crippen LogP contribution in [0.25, 0.3) is 0 Å². The molecule has 0 unspecified atom stereocenters. The Morgan fingerprint density at radius 3 is 2.84 bits per heavy atom. The van der Waals surface area contributed by atoms with Crippen molar-refractivity contribution in [1.82, 2.24) is 9.80 Å². The summed E-state index contributed by atoms with van der Waals surface area (Å²) in [7, 11) is 0. The van der Waals surface area contributed by atoms with Crippen LogP contribution in [0.1, 0.15) is 18.9 Å². The Labute approximate surface area is 113 Å². The van der Waals surface area contributed by atoms with Crippen LogP contribution in [0.5, 0.6) is 0 Å². The van der Waals surface area contributed by atoms with E-state index in [0.717, 1.165) is 31.6 Å². The van der Waals surface area contributed by atoms with Crippen molar-refractivity contribution in [2.24, 2.45) is 0 Å². The molecular formula is C15H21FN2O. The van der Waals surface area contributed by atoms with E-state index < -0.39 is 0 Å². The molecule has 2 fully saturated rings. The van der Waals surface area contributed by atoms with Crippen LogP contribution in [0.3, 0.4) is 0 Å². The molecule has 0 saturated carbocycles. The minimum Gasteiger partial charge on any atom is -0.392 e. The van der Waals surface area contributed by atoms with Gasteiger partial charge in [0.1, 0.15) is 5.82 Å². The second-order valence-electron chi connectivity index (χ2n) is 5.87. The van der Waals surface area contributed by atoms with Crippen LogP contribution in [-0.2, 0) is 6.54 Å². The number of benzene rings is 1. The molecule has 3 atom stereocenters. The highest BCUT2D eigenvalue weighted by Gasteiger charge is 2.38. The zero-order valence-electron chi connectivity index (χ0n) is 11.3. The maximum atomic E-state index is 13.7. The van der Waals surface area contributed by atoms with Gasteiger partial charge in [0.2, 0.25) is 0 Å². The highest BCUT2D eigenvalue weighted by Crippen LogP contribution is 2.26. The fourth-order valence-electron chi connectivity index (χ4n) is 3.34. The molecule has 0 radical (unpaired) electrons. The van der Waals surface area contributed by atoms with Gasteiger partial charge in [-0.3, -0.25) is 9.80 Å². The minimum absolute atomic E-state index is 0.122. The molecule has 4 heteroatoms. The van der Waals surface area contributed by atoms with Crippen LogP contribution in [0.2, 0.25) is 0 Å². The number of rotatable bonds is 2. The third-order valence-corrected chi connectivity index (χ3v) is 4.40. The van der Waals surface area contributed by atoms with Gasteiger partial charge in [-0.1, -0.05) is 18.2 Å². The summed E-state index contributed by atoms with van der Waals surface area (Å²) in [6.07, 6.45) is 0.658. The molecule has 3 nitrogen and oxygen atoms in total. The average molecular weight is 264 g/mol. The highest BCUT2D eigenvalue weighted by molar-refractivity contribution is 5.17. The number of aliphatic hydroxyl groups is 1. The summed E-state index contributed by atoms with van der Waals surface area (Å²) in [6.45, 7) is 5.53. The van der Waals surface area contributed by atoms with E-state index in [9.17, 15) is 9.50 Å². The van der Waals surface area contributed by atoms with Gasteiger partial charge >= 0.3 is 0 Å². The first-order chi connectivity index (χ1) is 9.13. The number of hydrogen-bond donors (Lipinski definition) is 1. The third-order valence-electron chi connectivity index (χ3n) is 4.40. The fraction of sp³-hybridized carbons (Fsp3) is 0.600. The number of halogens is 1. The van der Waals surface area contributed by atoms with Crippen molar-refractivity contribution >= 4 is 0 Å². The van der Waals surface area contributed by atoms with Crippen LogP contribution in [-0.4, -0.2) is 52.7 Å². The van der Waals surface area contributed by atoms with Gasteiger partial charge in [0, 0.05) is 43.8 Å². The van der Waals surface area contributed by atoms with Gasteiger partial charge in [0.05, 0.1) is 6.10 Å². The number of aliphatic hydroxyl groups excluding tert-OH is 1. The summed E-state index contributed by atoms with van der Waals surface area (Å²) in [5.74, 6) is -0.122. The third kappa shape index (κ3) is 2.66. The molecule has 3 rings (SSSR count). The summed E-state index contributed by atoms with van der Waals surface area (Å²) in [5.41, 5.74) is 0.765. The van der Waals surface area contributed by atoms with E-state index >= 15 is 0 Å². The summed E-state index contributed by atoms with van der Waals surface area (Å²) < 4.78 is 13.7. The standard InChI is InChI=1S/C15H21FN2O/c1-11-7-18-10-14(19)6-13(18)9-17(11)8-12-4-2-3-5-15(12)16/h2-5,11,13-14,19H,6-10H2,1H3/t11-,13-,14-/m1/s1. The lowest BCUT2D eigenvalue weighted by atomic mass is 10.1. The van der Waals surface area contributed by atoms with E-state index in [1.165, 1.54) is 6.07 Å². The average Bonchev–Trinajstić information content (AvgIpc) is 2.71. The molecule has 0 spiro atoms. The zero-order chi connectivity index (χ0) is 13.4. The van der Waals surface area contributed by atoms with E-state index in [1.807, 2.05) is 12.1 Å². The van der Waals surface area contributed by atoms with Crippen molar-refractivity contribution in [2.75, 3.05) is 19.6 Å². The number of piperazine rings is 1. The first-order valence-corrected chi connectivity index (χ1v) is 7.03. The largest absolute Gasteiger partial charge is 0.392 e. The smallest absolute Gasteiger partial charge is 0.127 e. The van der Waals surface area contributed by atoms with Crippen LogP contribution < -0.4 is 0 Å². The van der Waals surface area contributed by atoms with Gasteiger partial charge in [0.25, 0.3) is 0 Å². The predicted octanol–water partition coefficient (Wildman–Crippen LogP) is 1.46. The summed E-state index contributed by atoms with van der Waals surface area (Å²) in [6, 6.07) is 7.83. The van der Waals surface area contributed by atoms with E-state index in [-0.39, 0.29) is 11.9 Å². The van der Waals surface area contributed by atoms with Gasteiger partial charge in [-0.2, -0.15) is 0 Å². The van der Waals surface area contributed by atoms with Crippen LogP contribution >= 0.6 is 0 Å². The van der Waals surface area contributed by atoms with Crippen LogP contribution in [0, 0.1) is 5.82 Å². The summed E-state index contributed by atoms with van der Waals surface area (Å²) in [5, 5.41) is 9.75. The molecular weight excluding hydrogens is 243 g/mol. The predicted molar refractivity (Wildman–Crippen MR) is 72.3 cm³/mol. The second kappa shape index (κ2) is 5.19. The van der Waals surface area contributed by atoms with Gasteiger partial charge in [-0.05, 0) is 19.4 Å². The molecule has 2 aliphatic rings. The molecule has 104 valence electrons. The molecule has 0 bridgehead atoms. The van der Waals surface area contributed by atoms with E-state index in [1.54, 1.807) is 6.07 Å². The van der Waals surface area contributed by atoms with Crippen molar-refractivity contribution in [2.45, 2.75) is 38.1 Å². The van der Waals surface area contributed by atoms with Crippen molar-refractivity contribution in [3.8, 4) is 0 Å². The lowest BCUT2D eigenvalue weighted by Gasteiger charge is -2.42. The van der Waals surface area contributed by atoms with Gasteiger partial charge < -0.3 is 5.11 Å². The molecule has 19 heavy (non-hydrogen) atoms. The topological polar surface area (TPSA) is 26.7 Å². The Kier molecular flexibility index (Phi) is 3.56. The van der Waals surface area contributed by atoms with Crippen molar-refractivity contribution < 1.29 is 9.50 Å². The van der Waals surface area contributed by atoms with Crippen molar-refractivity contribution in [3.63, 3.8) is 0 Å². The van der Waals surface area contributed by atoms with Gasteiger partial charge in [-0.25, -0.2) is 4.39 Å². The van der Waals surface area contributed by atoms with E-state index in [2.05, 4.69) is 16.7 Å². The molecule has 1 aromatic rings. The quantitative estimate of drug-likeness (QED) is 0.876. The SMILES string of the molecule is C[C@@H]1CN2C[C@H](O)C[C@@H]2CN1Cc1ccccc1F. The second-order valence-corrected chi connectivity index (χ2v) is 5.87. The van der Waals surface area contributed by atoms with E-state index in [0.29, 0.717) is 18.6 Å². The van der Waals surface area contributed by atoms with Crippen molar-refractivity contribution in [1.29, 1.82) is 0 Å². The first-order valence-electron chi connectivity index (χ1n) is 7.03. The Morgan fingerprint density at radius 1 is 1.26 bits per heavy atom. The highest BCUT2D eigenvalue weighted by atomic mass is 19.1. The molecule has 2 heterocycles. The number of nitrogens with zero attached hydrogens (tertiary/aromatic N) is 2. The normalized spacial score (nSPS) is 32.5. The number of fused-ring (bicyclic) bond motifs is 1. The summed E-state index contributed by atoms with van der Waals surface area (Å²) >= 11 is 0. The lowest BCUT2D eigenvalue weighted by Crippen LogP contribution is -2.54. The zero-order valence-corrected chi connectivity index (χ0v) is 11.3. The molecule has 2 saturated heterocycles. The Morgan fingerprint density at radius 2 is 2.05 bits per heavy atom. The number of hydrogen-bond acceptors (Lipinski definition) is 3. The first kappa shape index (κ1) is 13.0. The van der Waals surface area contributed by atoms with Crippen LogP contribution in [0.4, 0.5) is 4.39 Å². The molecule has 1 aromatic carbocycles. The maximum Gasteiger partial charge on any atom is 0.127 e. The van der Waals surface area contributed by atoms with Gasteiger partial charge in [0.15, 0.2) is 0 Å². The Hall–Kier alpha value is -0.970. The monoisotopic (exact) mass is 264 g/mol. The molecule has 0 amide bonds. The Balaban J connectivity index is 1.70.